The highest BCUT2D eigenvalue weighted by molar-refractivity contribution is 7.26. The summed E-state index contributed by atoms with van der Waals surface area (Å²) in [5, 5.41) is 4.68. The summed E-state index contributed by atoms with van der Waals surface area (Å²) in [4.78, 5) is 6.22. The third kappa shape index (κ3) is 5.21. The molecule has 4 aliphatic rings. The van der Waals surface area contributed by atoms with Crippen LogP contribution in [-0.2, 0) is 0 Å². The van der Waals surface area contributed by atoms with E-state index in [1.807, 2.05) is 22.7 Å². The molecule has 0 aliphatic carbocycles. The SMILES string of the molecule is Cc1sc2c(c1C)B1c3ccc4c5c(oc4c3Oc3cc(-c4ccccc4)cc(c31)N2c1ccccc1)Oc1cc(-c2ccccc2)cc2c1B5c1c(sc3ccccc13)N2c1ccccc1. The fraction of sp³-hybridized carbons (Fsp3) is 0.0345. The van der Waals surface area contributed by atoms with E-state index in [1.165, 1.54) is 46.9 Å². The van der Waals surface area contributed by atoms with Crippen LogP contribution in [0, 0.1) is 13.8 Å². The van der Waals surface area contributed by atoms with Crippen molar-refractivity contribution in [3.8, 4) is 45.4 Å². The minimum Gasteiger partial charge on any atom is -0.454 e. The fourth-order valence-corrected chi connectivity index (χ4v) is 13.9. The van der Waals surface area contributed by atoms with Gasteiger partial charge in [-0.05, 0) is 129 Å². The second-order valence-electron chi connectivity index (χ2n) is 17.9. The van der Waals surface area contributed by atoms with E-state index in [2.05, 4.69) is 206 Å². The molecule has 67 heavy (non-hydrogen) atoms. The zero-order chi connectivity index (χ0) is 44.1. The van der Waals surface area contributed by atoms with Crippen LogP contribution in [0.15, 0.2) is 186 Å². The van der Waals surface area contributed by atoms with Crippen LogP contribution >= 0.6 is 22.7 Å². The first-order valence-corrected chi connectivity index (χ1v) is 24.4. The molecule has 0 amide bonds. The maximum atomic E-state index is 7.40. The zero-order valence-corrected chi connectivity index (χ0v) is 38.0. The van der Waals surface area contributed by atoms with Crippen LogP contribution in [0.1, 0.15) is 10.4 Å². The minimum absolute atomic E-state index is 0.0790. The normalized spacial score (nSPS) is 13.6. The van der Waals surface area contributed by atoms with E-state index < -0.39 is 0 Å². The Morgan fingerprint density at radius 2 is 1.00 bits per heavy atom. The van der Waals surface area contributed by atoms with Crippen molar-refractivity contribution in [3.05, 3.63) is 192 Å². The van der Waals surface area contributed by atoms with Crippen molar-refractivity contribution in [2.24, 2.45) is 0 Å². The molecule has 3 aromatic heterocycles. The molecule has 0 N–H and O–H groups in total. The first kappa shape index (κ1) is 37.5. The molecule has 0 spiro atoms. The van der Waals surface area contributed by atoms with Gasteiger partial charge in [-0.25, -0.2) is 0 Å². The van der Waals surface area contributed by atoms with Crippen LogP contribution in [0.25, 0.3) is 43.3 Å². The lowest BCUT2D eigenvalue weighted by Crippen LogP contribution is -2.60. The highest BCUT2D eigenvalue weighted by atomic mass is 32.1. The van der Waals surface area contributed by atoms with E-state index in [9.17, 15) is 0 Å². The molecular formula is C58H36B2N2O3S2. The summed E-state index contributed by atoms with van der Waals surface area (Å²) in [5.74, 6) is 2.90. The molecule has 0 fully saturated rings. The van der Waals surface area contributed by atoms with Crippen molar-refractivity contribution in [1.82, 2.24) is 0 Å². The summed E-state index contributed by atoms with van der Waals surface area (Å²) in [6, 6.07) is 65.4. The number of anilines is 6. The number of hydrogen-bond acceptors (Lipinski definition) is 7. The molecule has 0 saturated carbocycles. The predicted molar refractivity (Wildman–Crippen MR) is 282 cm³/mol. The van der Waals surface area contributed by atoms with E-state index in [1.54, 1.807) is 0 Å². The number of aryl methyl sites for hydroxylation is 1. The fourth-order valence-electron chi connectivity index (χ4n) is 11.4. The number of furan rings is 1. The Bertz CT molecular complexity index is 3870. The smallest absolute Gasteiger partial charge is 0.286 e. The monoisotopic (exact) mass is 894 g/mol. The number of para-hydroxylation sites is 2. The van der Waals surface area contributed by atoms with Gasteiger partial charge in [0.2, 0.25) is 0 Å². The number of fused-ring (bicyclic) bond motifs is 13. The number of hydrogen-bond donors (Lipinski definition) is 0. The standard InChI is InChI=1S/C58H36B2N2O3S2/c1-33-34(2)66-56-49(33)59-43-28-27-42-51-58(65-54(42)55(43)63-46-31-37(35-17-7-3-8-18-35)29-44(52(46)59)61(56)39-21-11-5-12-22-39)64-47-32-38(36-19-9-4-10-20-36)30-45-53(47)60(51)50-41-25-15-16-26-48(41)67-57(50)62(45)40-23-13-6-14-24-40/h3-32H,1-2H3. The van der Waals surface area contributed by atoms with Gasteiger partial charge in [0.1, 0.15) is 11.5 Å². The van der Waals surface area contributed by atoms with Crippen molar-refractivity contribution in [2.45, 2.75) is 13.8 Å². The Morgan fingerprint density at radius 1 is 0.448 bits per heavy atom. The highest BCUT2D eigenvalue weighted by Gasteiger charge is 2.49. The molecule has 7 heterocycles. The lowest BCUT2D eigenvalue weighted by molar-refractivity contribution is 0.360. The topological polar surface area (TPSA) is 38.1 Å². The Morgan fingerprint density at radius 3 is 1.64 bits per heavy atom. The molecule has 15 rings (SSSR count). The molecule has 8 aromatic carbocycles. The molecule has 0 atom stereocenters. The molecule has 0 saturated heterocycles. The minimum atomic E-state index is -0.168. The summed E-state index contributed by atoms with van der Waals surface area (Å²) in [6.07, 6.45) is 0. The molecular weight excluding hydrogens is 858 g/mol. The molecule has 9 heteroatoms. The van der Waals surface area contributed by atoms with Gasteiger partial charge in [-0.15, -0.1) is 22.7 Å². The van der Waals surface area contributed by atoms with E-state index in [4.69, 9.17) is 13.9 Å². The van der Waals surface area contributed by atoms with E-state index >= 15 is 0 Å². The molecule has 0 radical (unpaired) electrons. The number of thiophene rings is 2. The van der Waals surface area contributed by atoms with Crippen molar-refractivity contribution in [1.29, 1.82) is 0 Å². The first-order valence-electron chi connectivity index (χ1n) is 22.8. The van der Waals surface area contributed by atoms with E-state index in [0.717, 1.165) is 84.0 Å². The Kier molecular flexibility index (Phi) is 7.78. The van der Waals surface area contributed by atoms with Gasteiger partial charge in [-0.1, -0.05) is 127 Å². The van der Waals surface area contributed by atoms with Crippen molar-refractivity contribution in [3.63, 3.8) is 0 Å². The number of rotatable bonds is 4. The van der Waals surface area contributed by atoms with E-state index in [-0.39, 0.29) is 13.4 Å². The van der Waals surface area contributed by atoms with Crippen LogP contribution in [0.4, 0.5) is 32.8 Å². The molecule has 314 valence electrons. The Balaban J connectivity index is 1.000. The van der Waals surface area contributed by atoms with Crippen LogP contribution in [0.5, 0.6) is 23.2 Å². The van der Waals surface area contributed by atoms with Gasteiger partial charge in [0.25, 0.3) is 19.4 Å². The first-order chi connectivity index (χ1) is 33.1. The summed E-state index contributed by atoms with van der Waals surface area (Å²) in [5.41, 5.74) is 18.0. The summed E-state index contributed by atoms with van der Waals surface area (Å²) in [6.45, 7) is 4.29. The highest BCUT2D eigenvalue weighted by Crippen LogP contribution is 2.51. The average molecular weight is 895 g/mol. The maximum Gasteiger partial charge on any atom is 0.286 e. The lowest BCUT2D eigenvalue weighted by Gasteiger charge is -2.39. The maximum absolute atomic E-state index is 7.40. The summed E-state index contributed by atoms with van der Waals surface area (Å²) in [7, 11) is 0. The van der Waals surface area contributed by atoms with Gasteiger partial charge in [0, 0.05) is 43.2 Å². The van der Waals surface area contributed by atoms with Gasteiger partial charge in [0.15, 0.2) is 11.3 Å². The van der Waals surface area contributed by atoms with Crippen molar-refractivity contribution < 1.29 is 13.9 Å². The van der Waals surface area contributed by atoms with Crippen molar-refractivity contribution in [2.75, 3.05) is 9.80 Å². The quantitative estimate of drug-likeness (QED) is 0.165. The van der Waals surface area contributed by atoms with Gasteiger partial charge < -0.3 is 23.7 Å². The molecule has 5 nitrogen and oxygen atoms in total. The zero-order valence-electron chi connectivity index (χ0n) is 36.4. The van der Waals surface area contributed by atoms with Crippen molar-refractivity contribution >= 4 is 123 Å². The summed E-state index contributed by atoms with van der Waals surface area (Å²) >= 11 is 3.72. The molecule has 0 unspecified atom stereocenters. The van der Waals surface area contributed by atoms with Crippen LogP contribution < -0.4 is 52.1 Å². The van der Waals surface area contributed by atoms with Gasteiger partial charge in [-0.3, -0.25) is 0 Å². The Hall–Kier alpha value is -7.71. The largest absolute Gasteiger partial charge is 0.454 e. The number of nitrogens with zero attached hydrogens (tertiary/aromatic N) is 2. The van der Waals surface area contributed by atoms with Gasteiger partial charge in [0.05, 0.1) is 10.0 Å². The second kappa shape index (κ2) is 13.9. The molecule has 4 aliphatic heterocycles. The van der Waals surface area contributed by atoms with E-state index in [0.29, 0.717) is 11.5 Å². The Labute approximate surface area is 395 Å². The van der Waals surface area contributed by atoms with Crippen LogP contribution in [0.3, 0.4) is 0 Å². The predicted octanol–water partition coefficient (Wildman–Crippen LogP) is 12.5. The third-order valence-electron chi connectivity index (χ3n) is 14.4. The number of benzene rings is 8. The number of ether oxygens (including phenoxy) is 2. The lowest BCUT2D eigenvalue weighted by atomic mass is 9.33. The molecule has 11 aromatic rings. The average Bonchev–Trinajstić information content (AvgIpc) is 4.05. The van der Waals surface area contributed by atoms with Gasteiger partial charge in [-0.2, -0.15) is 0 Å². The van der Waals surface area contributed by atoms with Gasteiger partial charge >= 0.3 is 0 Å². The van der Waals surface area contributed by atoms with Crippen LogP contribution in [0.2, 0.25) is 0 Å². The third-order valence-corrected chi connectivity index (χ3v) is 16.8. The molecule has 0 bridgehead atoms. The summed E-state index contributed by atoms with van der Waals surface area (Å²) < 4.78 is 23.0. The van der Waals surface area contributed by atoms with Crippen LogP contribution in [-0.4, -0.2) is 13.4 Å². The second-order valence-corrected chi connectivity index (χ2v) is 20.2.